The van der Waals surface area contributed by atoms with Gasteiger partial charge in [0.25, 0.3) is 0 Å². The Hall–Kier alpha value is -2.02. The molecule has 0 radical (unpaired) electrons. The van der Waals surface area contributed by atoms with Crippen LogP contribution in [0.15, 0.2) is 18.2 Å². The normalized spacial score (nSPS) is 16.8. The number of benzene rings is 1. The maximum atomic E-state index is 12.1. The summed E-state index contributed by atoms with van der Waals surface area (Å²) in [6, 6.07) is 8.43. The van der Waals surface area contributed by atoms with Gasteiger partial charge in [-0.1, -0.05) is 25.3 Å². The van der Waals surface area contributed by atoms with E-state index < -0.39 is 5.54 Å². The quantitative estimate of drug-likeness (QED) is 0.893. The fourth-order valence-electron chi connectivity index (χ4n) is 2.99. The number of carbonyl (C=O) groups excluding carboxylic acids is 1. The van der Waals surface area contributed by atoms with Crippen LogP contribution >= 0.6 is 0 Å². The van der Waals surface area contributed by atoms with E-state index in [0.29, 0.717) is 0 Å². The number of aryl methyl sites for hydroxylation is 2. The maximum Gasteiger partial charge on any atom is 0.240 e. The molecule has 1 fully saturated rings. The van der Waals surface area contributed by atoms with Gasteiger partial charge in [0, 0.05) is 5.69 Å². The van der Waals surface area contributed by atoms with Gasteiger partial charge in [-0.2, -0.15) is 5.26 Å². The van der Waals surface area contributed by atoms with Crippen molar-refractivity contribution in [3.05, 3.63) is 29.3 Å². The fourth-order valence-corrected chi connectivity index (χ4v) is 2.99. The second-order valence-corrected chi connectivity index (χ2v) is 6.03. The van der Waals surface area contributed by atoms with E-state index in [4.69, 9.17) is 0 Å². The fraction of sp³-hybridized carbons (Fsp3) is 0.529. The molecule has 0 heterocycles. The zero-order chi connectivity index (χ0) is 15.3. The van der Waals surface area contributed by atoms with Crippen molar-refractivity contribution in [3.8, 4) is 6.07 Å². The second kappa shape index (κ2) is 6.62. The highest BCUT2D eigenvalue weighted by molar-refractivity contribution is 5.82. The third-order valence-corrected chi connectivity index (χ3v) is 3.97. The average Bonchev–Trinajstić information content (AvgIpc) is 2.45. The van der Waals surface area contributed by atoms with E-state index in [1.54, 1.807) is 0 Å². The van der Waals surface area contributed by atoms with Crippen LogP contribution in [-0.4, -0.2) is 18.0 Å². The number of carbonyl (C=O) groups is 1. The molecular formula is C17H23N3O. The van der Waals surface area contributed by atoms with Crippen molar-refractivity contribution in [2.75, 3.05) is 11.9 Å². The van der Waals surface area contributed by atoms with Gasteiger partial charge in [-0.05, 0) is 49.9 Å². The molecule has 4 nitrogen and oxygen atoms in total. The Bertz CT molecular complexity index is 533. The van der Waals surface area contributed by atoms with Crippen molar-refractivity contribution in [2.24, 2.45) is 0 Å². The molecule has 1 saturated carbocycles. The molecule has 1 amide bonds. The first-order chi connectivity index (χ1) is 10.0. The first kappa shape index (κ1) is 15.4. The number of nitrogens with one attached hydrogen (secondary N) is 2. The molecule has 0 aliphatic heterocycles. The predicted molar refractivity (Wildman–Crippen MR) is 84.0 cm³/mol. The molecule has 0 saturated heterocycles. The summed E-state index contributed by atoms with van der Waals surface area (Å²) >= 11 is 0. The molecule has 0 unspecified atom stereocenters. The van der Waals surface area contributed by atoms with Gasteiger partial charge in [0.15, 0.2) is 0 Å². The SMILES string of the molecule is Cc1cc(C)cc(NCC(=O)NC2(C#N)CCCCC2)c1. The van der Waals surface area contributed by atoms with E-state index >= 15 is 0 Å². The van der Waals surface area contributed by atoms with Crippen LogP contribution in [0.2, 0.25) is 0 Å². The lowest BCUT2D eigenvalue weighted by Gasteiger charge is -2.31. The zero-order valence-corrected chi connectivity index (χ0v) is 12.8. The number of hydrogen-bond donors (Lipinski definition) is 2. The van der Waals surface area contributed by atoms with Crippen LogP contribution < -0.4 is 10.6 Å². The lowest BCUT2D eigenvalue weighted by molar-refractivity contribution is -0.121. The van der Waals surface area contributed by atoms with Crippen molar-refractivity contribution in [1.82, 2.24) is 5.32 Å². The van der Waals surface area contributed by atoms with E-state index in [9.17, 15) is 10.1 Å². The maximum absolute atomic E-state index is 12.1. The standard InChI is InChI=1S/C17H23N3O/c1-13-8-14(2)10-15(9-13)19-11-16(21)20-17(12-18)6-4-3-5-7-17/h8-10,19H,3-7,11H2,1-2H3,(H,20,21). The Morgan fingerprint density at radius 2 is 1.81 bits per heavy atom. The smallest absolute Gasteiger partial charge is 0.240 e. The Morgan fingerprint density at radius 3 is 2.38 bits per heavy atom. The van der Waals surface area contributed by atoms with Crippen LogP contribution in [0, 0.1) is 25.2 Å². The first-order valence-corrected chi connectivity index (χ1v) is 7.57. The first-order valence-electron chi connectivity index (χ1n) is 7.57. The largest absolute Gasteiger partial charge is 0.376 e. The highest BCUT2D eigenvalue weighted by atomic mass is 16.2. The summed E-state index contributed by atoms with van der Waals surface area (Å²) in [6.07, 6.45) is 4.70. The molecule has 0 aromatic heterocycles. The number of amides is 1. The van der Waals surface area contributed by atoms with E-state index in [1.165, 1.54) is 11.1 Å². The van der Waals surface area contributed by atoms with E-state index in [1.807, 2.05) is 26.0 Å². The van der Waals surface area contributed by atoms with Crippen LogP contribution in [-0.2, 0) is 4.79 Å². The van der Waals surface area contributed by atoms with Crippen LogP contribution in [0.5, 0.6) is 0 Å². The summed E-state index contributed by atoms with van der Waals surface area (Å²) in [7, 11) is 0. The molecule has 112 valence electrons. The highest BCUT2D eigenvalue weighted by Crippen LogP contribution is 2.27. The molecule has 1 aromatic rings. The molecule has 2 N–H and O–H groups in total. The minimum Gasteiger partial charge on any atom is -0.376 e. The summed E-state index contributed by atoms with van der Waals surface area (Å²) in [5.41, 5.74) is 2.62. The molecule has 4 heteroatoms. The van der Waals surface area contributed by atoms with Crippen molar-refractivity contribution >= 4 is 11.6 Å². The number of nitrogens with zero attached hydrogens (tertiary/aromatic N) is 1. The Morgan fingerprint density at radius 1 is 1.19 bits per heavy atom. The molecule has 0 bridgehead atoms. The van der Waals surface area contributed by atoms with Crippen molar-refractivity contribution in [2.45, 2.75) is 51.5 Å². The number of nitriles is 1. The Kier molecular flexibility index (Phi) is 4.85. The van der Waals surface area contributed by atoms with Crippen LogP contribution in [0.4, 0.5) is 5.69 Å². The van der Waals surface area contributed by atoms with Crippen molar-refractivity contribution in [1.29, 1.82) is 5.26 Å². The molecule has 1 aliphatic carbocycles. The second-order valence-electron chi connectivity index (χ2n) is 6.03. The average molecular weight is 285 g/mol. The van der Waals surface area contributed by atoms with Gasteiger partial charge in [-0.3, -0.25) is 4.79 Å². The molecule has 1 aromatic carbocycles. The Balaban J connectivity index is 1.91. The van der Waals surface area contributed by atoms with Crippen molar-refractivity contribution in [3.63, 3.8) is 0 Å². The Labute approximate surface area is 126 Å². The lowest BCUT2D eigenvalue weighted by Crippen LogP contribution is -2.50. The van der Waals surface area contributed by atoms with E-state index in [2.05, 4.69) is 22.8 Å². The third kappa shape index (κ3) is 4.22. The third-order valence-electron chi connectivity index (χ3n) is 3.97. The van der Waals surface area contributed by atoms with Crippen LogP contribution in [0.25, 0.3) is 0 Å². The summed E-state index contributed by atoms with van der Waals surface area (Å²) in [6.45, 7) is 4.27. The summed E-state index contributed by atoms with van der Waals surface area (Å²) in [5, 5.41) is 15.4. The molecule has 21 heavy (non-hydrogen) atoms. The monoisotopic (exact) mass is 285 g/mol. The van der Waals surface area contributed by atoms with Gasteiger partial charge in [-0.25, -0.2) is 0 Å². The lowest BCUT2D eigenvalue weighted by atomic mass is 9.83. The van der Waals surface area contributed by atoms with Gasteiger partial charge in [0.2, 0.25) is 5.91 Å². The summed E-state index contributed by atoms with van der Waals surface area (Å²) in [4.78, 5) is 12.1. The number of hydrogen-bond acceptors (Lipinski definition) is 3. The number of anilines is 1. The topological polar surface area (TPSA) is 64.9 Å². The van der Waals surface area contributed by atoms with E-state index in [-0.39, 0.29) is 12.5 Å². The minimum atomic E-state index is -0.653. The molecule has 1 aliphatic rings. The molecule has 2 rings (SSSR count). The molecular weight excluding hydrogens is 262 g/mol. The highest BCUT2D eigenvalue weighted by Gasteiger charge is 2.33. The van der Waals surface area contributed by atoms with Gasteiger partial charge in [0.05, 0.1) is 12.6 Å². The number of rotatable bonds is 4. The van der Waals surface area contributed by atoms with Gasteiger partial charge in [0.1, 0.15) is 5.54 Å². The van der Waals surface area contributed by atoms with Crippen LogP contribution in [0.3, 0.4) is 0 Å². The molecule has 0 spiro atoms. The van der Waals surface area contributed by atoms with E-state index in [0.717, 1.165) is 37.8 Å². The van der Waals surface area contributed by atoms with Gasteiger partial charge >= 0.3 is 0 Å². The van der Waals surface area contributed by atoms with Gasteiger partial charge in [-0.15, -0.1) is 0 Å². The van der Waals surface area contributed by atoms with Crippen molar-refractivity contribution < 1.29 is 4.79 Å². The molecule has 0 atom stereocenters. The summed E-state index contributed by atoms with van der Waals surface area (Å²) < 4.78 is 0. The summed E-state index contributed by atoms with van der Waals surface area (Å²) in [5.74, 6) is -0.113. The van der Waals surface area contributed by atoms with Crippen LogP contribution in [0.1, 0.15) is 43.2 Å². The van der Waals surface area contributed by atoms with Gasteiger partial charge < -0.3 is 10.6 Å². The minimum absolute atomic E-state index is 0.113. The predicted octanol–water partition coefficient (Wildman–Crippen LogP) is 3.06. The zero-order valence-electron chi connectivity index (χ0n) is 12.8.